The fourth-order valence-electron chi connectivity index (χ4n) is 1.28. The molecule has 0 saturated carbocycles. The third-order valence-corrected chi connectivity index (χ3v) is 2.32. The smallest absolute Gasteiger partial charge is 0.376 e. The molecule has 0 aliphatic carbocycles. The van der Waals surface area contributed by atoms with Crippen LogP contribution in [0.4, 0.5) is 24.5 Å². The monoisotopic (exact) mass is 298 g/mol. The molecule has 5 nitrogen and oxygen atoms in total. The van der Waals surface area contributed by atoms with E-state index in [0.717, 1.165) is 0 Å². The van der Waals surface area contributed by atoms with Gasteiger partial charge >= 0.3 is 6.18 Å². The van der Waals surface area contributed by atoms with E-state index in [2.05, 4.69) is 10.1 Å². The molecule has 0 spiro atoms. The van der Waals surface area contributed by atoms with E-state index in [1.807, 2.05) is 0 Å². The van der Waals surface area contributed by atoms with Gasteiger partial charge in [0.2, 0.25) is 0 Å². The van der Waals surface area contributed by atoms with Gasteiger partial charge in [0.15, 0.2) is 0 Å². The fraction of sp³-hybridized carbons (Fsp3) is 0.400. The lowest BCUT2D eigenvalue weighted by Crippen LogP contribution is -2.20. The summed E-state index contributed by atoms with van der Waals surface area (Å²) in [5.74, 6) is 0. The van der Waals surface area contributed by atoms with E-state index in [9.17, 15) is 23.3 Å². The van der Waals surface area contributed by atoms with E-state index < -0.39 is 17.7 Å². The van der Waals surface area contributed by atoms with Gasteiger partial charge in [-0.25, -0.2) is 0 Å². The summed E-state index contributed by atoms with van der Waals surface area (Å²) in [5, 5.41) is 13.4. The molecule has 0 fully saturated rings. The van der Waals surface area contributed by atoms with Crippen molar-refractivity contribution in [1.29, 1.82) is 0 Å². The van der Waals surface area contributed by atoms with Crippen LogP contribution in [-0.2, 0) is 4.74 Å². The average Bonchev–Trinajstić information content (AvgIpc) is 2.28. The van der Waals surface area contributed by atoms with E-state index >= 15 is 0 Å². The lowest BCUT2D eigenvalue weighted by atomic mass is 10.2. The molecular weight excluding hydrogens is 289 g/mol. The number of halogens is 4. The first kappa shape index (κ1) is 15.5. The molecule has 106 valence electrons. The molecule has 1 aromatic carbocycles. The summed E-state index contributed by atoms with van der Waals surface area (Å²) in [5.41, 5.74) is -0.187. The SMILES string of the molecule is O=[N+]([O-])c1cccc(Cl)c1NCCOCC(F)(F)F. The third kappa shape index (κ3) is 5.31. The average molecular weight is 299 g/mol. The van der Waals surface area contributed by atoms with Crippen LogP contribution in [-0.4, -0.2) is 30.9 Å². The molecule has 0 radical (unpaired) electrons. The maximum Gasteiger partial charge on any atom is 0.411 e. The normalized spacial score (nSPS) is 11.4. The maximum atomic E-state index is 11.8. The highest BCUT2D eigenvalue weighted by Crippen LogP contribution is 2.31. The molecular formula is C10H10ClF3N2O3. The van der Waals surface area contributed by atoms with E-state index in [1.54, 1.807) is 0 Å². The largest absolute Gasteiger partial charge is 0.411 e. The predicted octanol–water partition coefficient (Wildman–Crippen LogP) is 3.24. The van der Waals surface area contributed by atoms with Gasteiger partial charge in [0.05, 0.1) is 16.6 Å². The summed E-state index contributed by atoms with van der Waals surface area (Å²) in [6.07, 6.45) is -4.39. The highest BCUT2D eigenvalue weighted by atomic mass is 35.5. The minimum Gasteiger partial charge on any atom is -0.376 e. The van der Waals surface area contributed by atoms with E-state index in [0.29, 0.717) is 0 Å². The van der Waals surface area contributed by atoms with Crippen LogP contribution in [0.5, 0.6) is 0 Å². The van der Waals surface area contributed by atoms with Crippen molar-refractivity contribution < 1.29 is 22.8 Å². The second-order valence-electron chi connectivity index (χ2n) is 3.49. The minimum atomic E-state index is -4.39. The molecule has 0 saturated heterocycles. The van der Waals surface area contributed by atoms with Gasteiger partial charge in [-0.1, -0.05) is 17.7 Å². The van der Waals surface area contributed by atoms with Gasteiger partial charge in [-0.15, -0.1) is 0 Å². The number of para-hydroxylation sites is 1. The number of nitrogens with zero attached hydrogens (tertiary/aromatic N) is 1. The Balaban J connectivity index is 2.52. The number of benzene rings is 1. The minimum absolute atomic E-state index is 0.0271. The number of nitro groups is 1. The zero-order chi connectivity index (χ0) is 14.5. The Morgan fingerprint density at radius 1 is 1.42 bits per heavy atom. The third-order valence-electron chi connectivity index (χ3n) is 2.00. The van der Waals surface area contributed by atoms with Crippen LogP contribution in [0.1, 0.15) is 0 Å². The molecule has 0 aromatic heterocycles. The van der Waals surface area contributed by atoms with Gasteiger partial charge in [-0.3, -0.25) is 10.1 Å². The van der Waals surface area contributed by atoms with Crippen molar-refractivity contribution in [2.45, 2.75) is 6.18 Å². The summed E-state index contributed by atoms with van der Waals surface area (Å²) in [4.78, 5) is 10.1. The van der Waals surface area contributed by atoms with Gasteiger partial charge in [0.25, 0.3) is 5.69 Å². The number of nitro benzene ring substituents is 1. The molecule has 19 heavy (non-hydrogen) atoms. The van der Waals surface area contributed by atoms with Crippen LogP contribution in [0, 0.1) is 10.1 Å². The van der Waals surface area contributed by atoms with E-state index in [1.165, 1.54) is 18.2 Å². The molecule has 9 heteroatoms. The first-order chi connectivity index (χ1) is 8.81. The first-order valence-corrected chi connectivity index (χ1v) is 5.50. The quantitative estimate of drug-likeness (QED) is 0.497. The van der Waals surface area contributed by atoms with Crippen molar-refractivity contribution in [2.24, 2.45) is 0 Å². The summed E-state index contributed by atoms with van der Waals surface area (Å²) in [7, 11) is 0. The van der Waals surface area contributed by atoms with Crippen LogP contribution in [0.3, 0.4) is 0 Å². The molecule has 0 bridgehead atoms. The van der Waals surface area contributed by atoms with Crippen LogP contribution < -0.4 is 5.32 Å². The number of rotatable bonds is 6. The lowest BCUT2D eigenvalue weighted by Gasteiger charge is -2.10. The maximum absolute atomic E-state index is 11.8. The first-order valence-electron chi connectivity index (χ1n) is 5.12. The lowest BCUT2D eigenvalue weighted by molar-refractivity contribution is -0.383. The van der Waals surface area contributed by atoms with Crippen molar-refractivity contribution in [3.8, 4) is 0 Å². The Morgan fingerprint density at radius 3 is 2.68 bits per heavy atom. The summed E-state index contributed by atoms with van der Waals surface area (Å²) in [6.45, 7) is -1.64. The van der Waals surface area contributed by atoms with Crippen LogP contribution in [0.15, 0.2) is 18.2 Å². The number of ether oxygens (including phenoxy) is 1. The zero-order valence-corrected chi connectivity index (χ0v) is 10.3. The molecule has 0 unspecified atom stereocenters. The Hall–Kier alpha value is -1.54. The Labute approximate surface area is 111 Å². The zero-order valence-electron chi connectivity index (χ0n) is 9.54. The van der Waals surface area contributed by atoms with Gasteiger partial charge in [-0.2, -0.15) is 13.2 Å². The second kappa shape index (κ2) is 6.58. The molecule has 1 aromatic rings. The van der Waals surface area contributed by atoms with E-state index in [4.69, 9.17) is 11.6 Å². The topological polar surface area (TPSA) is 64.4 Å². The standard InChI is InChI=1S/C10H10ClF3N2O3/c11-7-2-1-3-8(16(17)18)9(7)15-4-5-19-6-10(12,13)14/h1-3,15H,4-6H2. The summed E-state index contributed by atoms with van der Waals surface area (Å²) >= 11 is 5.77. The second-order valence-corrected chi connectivity index (χ2v) is 3.89. The van der Waals surface area contributed by atoms with Crippen LogP contribution >= 0.6 is 11.6 Å². The summed E-state index contributed by atoms with van der Waals surface area (Å²) in [6, 6.07) is 4.09. The molecule has 1 rings (SSSR count). The number of hydrogen-bond acceptors (Lipinski definition) is 4. The summed E-state index contributed by atoms with van der Waals surface area (Å²) < 4.78 is 39.7. The number of nitrogens with one attached hydrogen (secondary N) is 1. The molecule has 0 heterocycles. The van der Waals surface area contributed by atoms with E-state index in [-0.39, 0.29) is 29.5 Å². The molecule has 0 atom stereocenters. The van der Waals surface area contributed by atoms with Gasteiger partial charge < -0.3 is 10.1 Å². The Kier molecular flexibility index (Phi) is 5.37. The van der Waals surface area contributed by atoms with Crippen molar-refractivity contribution in [3.63, 3.8) is 0 Å². The highest BCUT2D eigenvalue weighted by molar-refractivity contribution is 6.33. The molecule has 1 N–H and O–H groups in total. The van der Waals surface area contributed by atoms with Gasteiger partial charge in [-0.05, 0) is 6.07 Å². The Bertz CT molecular complexity index is 454. The molecule has 0 amide bonds. The van der Waals surface area contributed by atoms with Crippen molar-refractivity contribution in [3.05, 3.63) is 33.3 Å². The van der Waals surface area contributed by atoms with Crippen molar-refractivity contribution in [2.75, 3.05) is 25.1 Å². The Morgan fingerprint density at radius 2 is 2.11 bits per heavy atom. The van der Waals surface area contributed by atoms with Gasteiger partial charge in [0.1, 0.15) is 12.3 Å². The predicted molar refractivity (Wildman–Crippen MR) is 63.5 cm³/mol. The number of alkyl halides is 3. The van der Waals surface area contributed by atoms with Crippen LogP contribution in [0.2, 0.25) is 5.02 Å². The van der Waals surface area contributed by atoms with Gasteiger partial charge in [0, 0.05) is 12.6 Å². The van der Waals surface area contributed by atoms with Crippen molar-refractivity contribution >= 4 is 23.0 Å². The van der Waals surface area contributed by atoms with Crippen LogP contribution in [0.25, 0.3) is 0 Å². The van der Waals surface area contributed by atoms with Crippen molar-refractivity contribution in [1.82, 2.24) is 0 Å². The number of hydrogen-bond donors (Lipinski definition) is 1. The fourth-order valence-corrected chi connectivity index (χ4v) is 1.51. The highest BCUT2D eigenvalue weighted by Gasteiger charge is 2.27. The molecule has 0 aliphatic heterocycles. The number of anilines is 1. The molecule has 0 aliphatic rings.